The molecule has 0 saturated heterocycles. The molecule has 19 heavy (non-hydrogen) atoms. The number of amides is 2. The molecule has 6 nitrogen and oxygen atoms in total. The summed E-state index contributed by atoms with van der Waals surface area (Å²) in [4.78, 5) is 12.6. The molecule has 1 aliphatic rings. The number of rotatable bonds is 4. The highest BCUT2D eigenvalue weighted by atomic mass is 32.1. The lowest BCUT2D eigenvalue weighted by molar-refractivity contribution is 0.237. The van der Waals surface area contributed by atoms with Crippen molar-refractivity contribution in [2.75, 3.05) is 6.54 Å². The summed E-state index contributed by atoms with van der Waals surface area (Å²) in [5.41, 5.74) is 1.13. The first kappa shape index (κ1) is 12.4. The second-order valence-corrected chi connectivity index (χ2v) is 5.68. The van der Waals surface area contributed by atoms with Crippen molar-refractivity contribution in [2.45, 2.75) is 38.1 Å². The Morgan fingerprint density at radius 3 is 3.16 bits per heavy atom. The van der Waals surface area contributed by atoms with Gasteiger partial charge in [-0.2, -0.15) is 0 Å². The number of nitrogens with zero attached hydrogens (tertiary/aromatic N) is 3. The fourth-order valence-electron chi connectivity index (χ4n) is 2.47. The van der Waals surface area contributed by atoms with E-state index in [2.05, 4.69) is 26.2 Å². The smallest absolute Gasteiger partial charge is 0.315 e. The number of carbonyl (C=O) groups excluding carboxylic acids is 1. The van der Waals surface area contributed by atoms with Gasteiger partial charge in [0.2, 0.25) is 4.96 Å². The highest BCUT2D eigenvalue weighted by Gasteiger charge is 2.16. The fourth-order valence-corrected chi connectivity index (χ4v) is 3.31. The molecule has 0 unspecified atom stereocenters. The number of aromatic nitrogens is 3. The molecule has 0 atom stereocenters. The number of carbonyl (C=O) groups is 1. The van der Waals surface area contributed by atoms with E-state index < -0.39 is 0 Å². The molecule has 2 amide bonds. The van der Waals surface area contributed by atoms with Gasteiger partial charge < -0.3 is 10.6 Å². The van der Waals surface area contributed by atoms with E-state index in [1.54, 1.807) is 17.7 Å². The summed E-state index contributed by atoms with van der Waals surface area (Å²) < 4.78 is 1.96. The maximum atomic E-state index is 11.7. The molecular formula is C12H17N5OS. The fraction of sp³-hybridized carbons (Fsp3) is 0.583. The standard InChI is InChI=1S/C12H17N5OS/c18-11(15-9-3-1-2-4-9)13-6-5-10-7-19-12-16-14-8-17(10)12/h7-9H,1-6H2,(H2,13,15,18). The second-order valence-electron chi connectivity index (χ2n) is 4.84. The van der Waals surface area contributed by atoms with Crippen LogP contribution in [-0.2, 0) is 6.42 Å². The van der Waals surface area contributed by atoms with Crippen molar-refractivity contribution < 1.29 is 4.79 Å². The lowest BCUT2D eigenvalue weighted by Gasteiger charge is -2.12. The van der Waals surface area contributed by atoms with E-state index in [9.17, 15) is 4.79 Å². The highest BCUT2D eigenvalue weighted by Crippen LogP contribution is 2.17. The molecule has 3 rings (SSSR count). The van der Waals surface area contributed by atoms with Gasteiger partial charge in [0.1, 0.15) is 6.33 Å². The van der Waals surface area contributed by atoms with Crippen LogP contribution in [0.25, 0.3) is 4.96 Å². The summed E-state index contributed by atoms with van der Waals surface area (Å²) in [5, 5.41) is 15.8. The van der Waals surface area contributed by atoms with Crippen LogP contribution < -0.4 is 10.6 Å². The number of nitrogens with one attached hydrogen (secondary N) is 2. The van der Waals surface area contributed by atoms with Crippen LogP contribution in [0.15, 0.2) is 11.7 Å². The Labute approximate surface area is 115 Å². The summed E-state index contributed by atoms with van der Waals surface area (Å²) >= 11 is 1.57. The third-order valence-electron chi connectivity index (χ3n) is 3.48. The number of hydrogen-bond acceptors (Lipinski definition) is 4. The van der Waals surface area contributed by atoms with Gasteiger partial charge in [0.05, 0.1) is 0 Å². The first-order valence-corrected chi connectivity index (χ1v) is 7.51. The summed E-state index contributed by atoms with van der Waals surface area (Å²) in [6.07, 6.45) is 7.17. The van der Waals surface area contributed by atoms with Crippen molar-refractivity contribution in [3.63, 3.8) is 0 Å². The molecule has 0 bridgehead atoms. The molecule has 102 valence electrons. The Kier molecular flexibility index (Phi) is 3.63. The van der Waals surface area contributed by atoms with Gasteiger partial charge in [0.25, 0.3) is 0 Å². The lowest BCUT2D eigenvalue weighted by Crippen LogP contribution is -2.41. The predicted molar refractivity (Wildman–Crippen MR) is 73.4 cm³/mol. The van der Waals surface area contributed by atoms with Gasteiger partial charge in [-0.15, -0.1) is 21.5 Å². The minimum Gasteiger partial charge on any atom is -0.338 e. The van der Waals surface area contributed by atoms with Crippen LogP contribution in [0.3, 0.4) is 0 Å². The molecule has 1 saturated carbocycles. The van der Waals surface area contributed by atoms with Crippen molar-refractivity contribution in [2.24, 2.45) is 0 Å². The highest BCUT2D eigenvalue weighted by molar-refractivity contribution is 7.15. The zero-order chi connectivity index (χ0) is 13.1. The van der Waals surface area contributed by atoms with Crippen LogP contribution >= 0.6 is 11.3 Å². The van der Waals surface area contributed by atoms with Gasteiger partial charge >= 0.3 is 6.03 Å². The molecule has 2 aromatic heterocycles. The first-order valence-electron chi connectivity index (χ1n) is 6.63. The van der Waals surface area contributed by atoms with Crippen molar-refractivity contribution in [1.82, 2.24) is 25.2 Å². The number of hydrogen-bond donors (Lipinski definition) is 2. The van der Waals surface area contributed by atoms with E-state index >= 15 is 0 Å². The number of urea groups is 1. The number of fused-ring (bicyclic) bond motifs is 1. The molecule has 2 N–H and O–H groups in total. The topological polar surface area (TPSA) is 71.3 Å². The summed E-state index contributed by atoms with van der Waals surface area (Å²) in [6, 6.07) is 0.313. The predicted octanol–water partition coefficient (Wildman–Crippen LogP) is 1.58. The lowest BCUT2D eigenvalue weighted by atomic mass is 10.2. The molecule has 1 fully saturated rings. The normalized spacial score (nSPS) is 16.0. The average Bonchev–Trinajstić information content (AvgIpc) is 3.07. The zero-order valence-electron chi connectivity index (χ0n) is 10.6. The minimum atomic E-state index is -0.0536. The van der Waals surface area contributed by atoms with Gasteiger partial charge in [-0.1, -0.05) is 12.8 Å². The van der Waals surface area contributed by atoms with Crippen molar-refractivity contribution >= 4 is 22.3 Å². The molecular weight excluding hydrogens is 262 g/mol. The minimum absolute atomic E-state index is 0.0536. The van der Waals surface area contributed by atoms with Gasteiger partial charge in [-0.05, 0) is 12.8 Å². The van der Waals surface area contributed by atoms with E-state index in [4.69, 9.17) is 0 Å². The Balaban J connectivity index is 1.45. The van der Waals surface area contributed by atoms with E-state index in [0.29, 0.717) is 12.6 Å². The van der Waals surface area contributed by atoms with E-state index in [1.807, 2.05) is 4.40 Å². The van der Waals surface area contributed by atoms with E-state index in [-0.39, 0.29) is 6.03 Å². The van der Waals surface area contributed by atoms with Crippen LogP contribution in [-0.4, -0.2) is 33.2 Å². The van der Waals surface area contributed by atoms with Crippen LogP contribution in [0.1, 0.15) is 31.4 Å². The van der Waals surface area contributed by atoms with Crippen molar-refractivity contribution in [3.05, 3.63) is 17.4 Å². The van der Waals surface area contributed by atoms with E-state index in [1.165, 1.54) is 12.8 Å². The quantitative estimate of drug-likeness (QED) is 0.892. The van der Waals surface area contributed by atoms with Crippen LogP contribution in [0.4, 0.5) is 4.79 Å². The van der Waals surface area contributed by atoms with Gasteiger partial charge in [0, 0.05) is 30.1 Å². The monoisotopic (exact) mass is 279 g/mol. The molecule has 7 heteroatoms. The maximum Gasteiger partial charge on any atom is 0.315 e. The van der Waals surface area contributed by atoms with Gasteiger partial charge in [0.15, 0.2) is 0 Å². The Morgan fingerprint density at radius 2 is 2.32 bits per heavy atom. The largest absolute Gasteiger partial charge is 0.338 e. The van der Waals surface area contributed by atoms with Crippen molar-refractivity contribution in [3.8, 4) is 0 Å². The Morgan fingerprint density at radius 1 is 1.47 bits per heavy atom. The summed E-state index contributed by atoms with van der Waals surface area (Å²) in [5.74, 6) is 0. The van der Waals surface area contributed by atoms with Gasteiger partial charge in [-0.3, -0.25) is 4.40 Å². The average molecular weight is 279 g/mol. The molecule has 2 heterocycles. The van der Waals surface area contributed by atoms with Crippen LogP contribution in [0.2, 0.25) is 0 Å². The molecule has 0 radical (unpaired) electrons. The molecule has 0 spiro atoms. The molecule has 2 aromatic rings. The number of thiazole rings is 1. The third kappa shape index (κ3) is 2.86. The maximum absolute atomic E-state index is 11.7. The van der Waals surface area contributed by atoms with Gasteiger partial charge in [-0.25, -0.2) is 4.79 Å². The zero-order valence-corrected chi connectivity index (χ0v) is 11.4. The van der Waals surface area contributed by atoms with Crippen molar-refractivity contribution in [1.29, 1.82) is 0 Å². The SMILES string of the molecule is O=C(NCCc1csc2nncn12)NC1CCCC1. The van der Waals surface area contributed by atoms with Crippen LogP contribution in [0, 0.1) is 0 Å². The molecule has 1 aliphatic carbocycles. The molecule has 0 aliphatic heterocycles. The Hall–Kier alpha value is -1.63. The Bertz CT molecular complexity index is 557. The second kappa shape index (κ2) is 5.56. The first-order chi connectivity index (χ1) is 9.33. The summed E-state index contributed by atoms with van der Waals surface area (Å²) in [7, 11) is 0. The third-order valence-corrected chi connectivity index (χ3v) is 4.36. The van der Waals surface area contributed by atoms with E-state index in [0.717, 1.165) is 29.9 Å². The molecule has 0 aromatic carbocycles. The summed E-state index contributed by atoms with van der Waals surface area (Å²) in [6.45, 7) is 0.628. The van der Waals surface area contributed by atoms with Crippen LogP contribution in [0.5, 0.6) is 0 Å².